The van der Waals surface area contributed by atoms with Crippen molar-refractivity contribution in [2.24, 2.45) is 0 Å². The van der Waals surface area contributed by atoms with Gasteiger partial charge in [-0.1, -0.05) is 6.08 Å². The predicted octanol–water partition coefficient (Wildman–Crippen LogP) is 0.396. The van der Waals surface area contributed by atoms with Crippen molar-refractivity contribution < 1.29 is 9.90 Å². The van der Waals surface area contributed by atoms with Crippen molar-refractivity contribution >= 4 is 5.97 Å². The molecule has 0 radical (unpaired) electrons. The molecule has 0 bridgehead atoms. The molecule has 0 amide bonds. The monoisotopic (exact) mass is 177 g/mol. The highest BCUT2D eigenvalue weighted by Crippen LogP contribution is 1.95. The molecule has 1 aromatic heterocycles. The van der Waals surface area contributed by atoms with Crippen LogP contribution in [0.2, 0.25) is 0 Å². The number of carboxylic acid groups (broad SMARTS) is 1. The van der Waals surface area contributed by atoms with E-state index in [4.69, 9.17) is 10.4 Å². The Hall–Kier alpha value is -2.09. The number of aliphatic carboxylic acids is 1. The fourth-order valence-electron chi connectivity index (χ4n) is 0.837. The first-order chi connectivity index (χ1) is 6.24. The normalized spacial score (nSPS) is 10.1. The molecule has 66 valence electrons. The number of nitrogens with zero attached hydrogens (tertiary/aromatic N) is 3. The molecule has 1 heterocycles. The molecule has 1 aromatic rings. The van der Waals surface area contributed by atoms with Gasteiger partial charge in [0.05, 0.1) is 0 Å². The van der Waals surface area contributed by atoms with E-state index in [1.807, 2.05) is 6.07 Å². The zero-order chi connectivity index (χ0) is 9.68. The lowest BCUT2D eigenvalue weighted by Gasteiger charge is -1.95. The lowest BCUT2D eigenvalue weighted by molar-refractivity contribution is -0.131. The third kappa shape index (κ3) is 2.45. The molecule has 13 heavy (non-hydrogen) atoms. The smallest absolute Gasteiger partial charge is 0.328 e. The molecule has 0 saturated carbocycles. The van der Waals surface area contributed by atoms with Crippen LogP contribution in [0.5, 0.6) is 0 Å². The fourth-order valence-corrected chi connectivity index (χ4v) is 0.837. The summed E-state index contributed by atoms with van der Waals surface area (Å²) in [6.45, 7) is 0.342. The molecule has 1 N–H and O–H groups in total. The van der Waals surface area contributed by atoms with Crippen LogP contribution >= 0.6 is 0 Å². The Kier molecular flexibility index (Phi) is 2.82. The third-order valence-electron chi connectivity index (χ3n) is 1.38. The summed E-state index contributed by atoms with van der Waals surface area (Å²) < 4.78 is 1.56. The maximum Gasteiger partial charge on any atom is 0.328 e. The quantitative estimate of drug-likeness (QED) is 0.677. The van der Waals surface area contributed by atoms with Crippen LogP contribution < -0.4 is 0 Å². The molecule has 0 aliphatic carbocycles. The Labute approximate surface area is 74.6 Å². The van der Waals surface area contributed by atoms with Crippen LogP contribution in [0.15, 0.2) is 24.5 Å². The largest absolute Gasteiger partial charge is 0.478 e. The molecule has 0 unspecified atom stereocenters. The standard InChI is InChI=1S/C8H7N3O2/c9-6-7-10-3-5-11(7)4-1-2-8(12)13/h1-3,5H,4H2,(H,12,13)/b2-1+. The highest BCUT2D eigenvalue weighted by molar-refractivity contribution is 5.79. The summed E-state index contributed by atoms with van der Waals surface area (Å²) in [5.41, 5.74) is 0. The fraction of sp³-hybridized carbons (Fsp3) is 0.125. The second-order valence-corrected chi connectivity index (χ2v) is 2.26. The number of imidazole rings is 1. The average Bonchev–Trinajstić information content (AvgIpc) is 2.51. The number of carbonyl (C=O) groups is 1. The van der Waals surface area contributed by atoms with E-state index in [0.29, 0.717) is 6.54 Å². The Bertz CT molecular complexity index is 373. The summed E-state index contributed by atoms with van der Waals surface area (Å²) in [6, 6.07) is 1.88. The lowest BCUT2D eigenvalue weighted by atomic mass is 10.5. The van der Waals surface area contributed by atoms with Crippen LogP contribution in [-0.2, 0) is 11.3 Å². The van der Waals surface area contributed by atoms with Crippen LogP contribution in [0.25, 0.3) is 0 Å². The number of nitriles is 1. The van der Waals surface area contributed by atoms with Crippen molar-refractivity contribution in [2.45, 2.75) is 6.54 Å². The van der Waals surface area contributed by atoms with Crippen molar-refractivity contribution in [2.75, 3.05) is 0 Å². The molecule has 0 aliphatic rings. The summed E-state index contributed by atoms with van der Waals surface area (Å²) in [4.78, 5) is 13.9. The van der Waals surface area contributed by atoms with Gasteiger partial charge in [-0.15, -0.1) is 0 Å². The van der Waals surface area contributed by atoms with Gasteiger partial charge in [0.1, 0.15) is 6.07 Å². The Balaban J connectivity index is 2.65. The maximum absolute atomic E-state index is 10.1. The van der Waals surface area contributed by atoms with Gasteiger partial charge in [0.2, 0.25) is 5.82 Å². The SMILES string of the molecule is N#Cc1nccn1C/C=C/C(=O)O. The number of allylic oxidation sites excluding steroid dienone is 1. The summed E-state index contributed by atoms with van der Waals surface area (Å²) in [6.07, 6.45) is 5.59. The molecule has 0 atom stereocenters. The van der Waals surface area contributed by atoms with Gasteiger partial charge in [-0.3, -0.25) is 0 Å². The van der Waals surface area contributed by atoms with Gasteiger partial charge in [0.15, 0.2) is 0 Å². The highest BCUT2D eigenvalue weighted by atomic mass is 16.4. The van der Waals surface area contributed by atoms with E-state index >= 15 is 0 Å². The Morgan fingerprint density at radius 1 is 1.85 bits per heavy atom. The van der Waals surface area contributed by atoms with E-state index in [1.165, 1.54) is 12.3 Å². The van der Waals surface area contributed by atoms with Gasteiger partial charge < -0.3 is 9.67 Å². The second kappa shape index (κ2) is 4.07. The van der Waals surface area contributed by atoms with Crippen molar-refractivity contribution in [3.63, 3.8) is 0 Å². The summed E-state index contributed by atoms with van der Waals surface area (Å²) in [5.74, 6) is -0.728. The van der Waals surface area contributed by atoms with Crippen LogP contribution in [0.1, 0.15) is 5.82 Å². The lowest BCUT2D eigenvalue weighted by Crippen LogP contribution is -1.98. The van der Waals surface area contributed by atoms with Gasteiger partial charge in [0.25, 0.3) is 0 Å². The second-order valence-electron chi connectivity index (χ2n) is 2.26. The van der Waals surface area contributed by atoms with Crippen molar-refractivity contribution in [1.29, 1.82) is 5.26 Å². The summed E-state index contributed by atoms with van der Waals surface area (Å²) in [5, 5.41) is 16.8. The number of aromatic nitrogens is 2. The number of hydrogen-bond acceptors (Lipinski definition) is 3. The topological polar surface area (TPSA) is 78.9 Å². The highest BCUT2D eigenvalue weighted by Gasteiger charge is 1.97. The Morgan fingerprint density at radius 3 is 3.23 bits per heavy atom. The minimum absolute atomic E-state index is 0.273. The van der Waals surface area contributed by atoms with Crippen molar-refractivity contribution in [3.05, 3.63) is 30.4 Å². The van der Waals surface area contributed by atoms with Crippen LogP contribution in [-0.4, -0.2) is 20.6 Å². The Morgan fingerprint density at radius 2 is 2.62 bits per heavy atom. The molecule has 5 nitrogen and oxygen atoms in total. The van der Waals surface area contributed by atoms with Crippen LogP contribution in [0.4, 0.5) is 0 Å². The van der Waals surface area contributed by atoms with Crippen molar-refractivity contribution in [3.8, 4) is 6.07 Å². The zero-order valence-electron chi connectivity index (χ0n) is 6.71. The number of hydrogen-bond donors (Lipinski definition) is 1. The van der Waals surface area contributed by atoms with Crippen LogP contribution in [0.3, 0.4) is 0 Å². The summed E-state index contributed by atoms with van der Waals surface area (Å²) in [7, 11) is 0. The molecular weight excluding hydrogens is 170 g/mol. The van der Waals surface area contributed by atoms with Gasteiger partial charge in [-0.25, -0.2) is 9.78 Å². The molecule has 0 saturated heterocycles. The van der Waals surface area contributed by atoms with Gasteiger partial charge >= 0.3 is 5.97 Å². The predicted molar refractivity (Wildman–Crippen MR) is 43.7 cm³/mol. The molecule has 5 heteroatoms. The number of rotatable bonds is 3. The van der Waals surface area contributed by atoms with Crippen molar-refractivity contribution in [1.82, 2.24) is 9.55 Å². The molecule has 0 spiro atoms. The zero-order valence-corrected chi connectivity index (χ0v) is 6.71. The maximum atomic E-state index is 10.1. The van der Waals surface area contributed by atoms with E-state index < -0.39 is 5.97 Å². The van der Waals surface area contributed by atoms with E-state index in [-0.39, 0.29) is 5.82 Å². The first-order valence-electron chi connectivity index (χ1n) is 3.54. The average molecular weight is 177 g/mol. The van der Waals surface area contributed by atoms with E-state index in [9.17, 15) is 4.79 Å². The van der Waals surface area contributed by atoms with E-state index in [2.05, 4.69) is 4.98 Å². The molecule has 0 aromatic carbocycles. The molecule has 0 aliphatic heterocycles. The van der Waals surface area contributed by atoms with Gasteiger partial charge in [-0.05, 0) is 0 Å². The third-order valence-corrected chi connectivity index (χ3v) is 1.38. The molecule has 0 fully saturated rings. The first-order valence-corrected chi connectivity index (χ1v) is 3.54. The van der Waals surface area contributed by atoms with Gasteiger partial charge in [0, 0.05) is 25.0 Å². The first kappa shape index (κ1) is 9.00. The van der Waals surface area contributed by atoms with E-state index in [0.717, 1.165) is 6.08 Å². The minimum atomic E-state index is -1.00. The minimum Gasteiger partial charge on any atom is -0.478 e. The molecule has 1 rings (SSSR count). The number of carboxylic acids is 1. The summed E-state index contributed by atoms with van der Waals surface area (Å²) >= 11 is 0. The van der Waals surface area contributed by atoms with Gasteiger partial charge in [-0.2, -0.15) is 5.26 Å². The van der Waals surface area contributed by atoms with Crippen LogP contribution in [0, 0.1) is 11.3 Å². The van der Waals surface area contributed by atoms with E-state index in [1.54, 1.807) is 10.8 Å². The molecular formula is C8H7N3O2.